The highest BCUT2D eigenvalue weighted by Crippen LogP contribution is 2.35. The second-order valence-electron chi connectivity index (χ2n) is 5.29. The fourth-order valence-electron chi connectivity index (χ4n) is 3.22. The van der Waals surface area contributed by atoms with Crippen LogP contribution in [0.2, 0.25) is 0 Å². The Bertz CT molecular complexity index is 764. The van der Waals surface area contributed by atoms with Crippen molar-refractivity contribution in [1.29, 1.82) is 5.26 Å². The van der Waals surface area contributed by atoms with Crippen LogP contribution in [0.4, 0.5) is 0 Å². The summed E-state index contributed by atoms with van der Waals surface area (Å²) >= 11 is 0. The van der Waals surface area contributed by atoms with Crippen LogP contribution < -0.4 is 5.32 Å². The fourth-order valence-corrected chi connectivity index (χ4v) is 3.22. The largest absolute Gasteiger partial charge is 0.464 e. The van der Waals surface area contributed by atoms with Crippen LogP contribution in [0, 0.1) is 11.3 Å². The number of fused-ring (bicyclic) bond motifs is 2. The molecule has 20 heavy (non-hydrogen) atoms. The Hall–Kier alpha value is -2.25. The number of furan rings is 2. The molecule has 0 bridgehead atoms. The fraction of sp³-hybridized carbons (Fsp3) is 0.312. The average molecular weight is 266 g/mol. The van der Waals surface area contributed by atoms with E-state index >= 15 is 0 Å². The van der Waals surface area contributed by atoms with Crippen LogP contribution in [-0.2, 0) is 6.42 Å². The van der Waals surface area contributed by atoms with E-state index in [0.29, 0.717) is 17.2 Å². The van der Waals surface area contributed by atoms with Gasteiger partial charge in [-0.15, -0.1) is 0 Å². The van der Waals surface area contributed by atoms with E-state index < -0.39 is 0 Å². The number of hydrogen-bond donors (Lipinski definition) is 1. The van der Waals surface area contributed by atoms with Crippen LogP contribution in [0.25, 0.3) is 21.9 Å². The molecule has 2 aromatic heterocycles. The van der Waals surface area contributed by atoms with Gasteiger partial charge in [0.2, 0.25) is 0 Å². The number of nitrogens with zero attached hydrogens (tertiary/aromatic N) is 1. The summed E-state index contributed by atoms with van der Waals surface area (Å²) < 4.78 is 11.2. The first-order chi connectivity index (χ1) is 9.88. The molecule has 0 amide bonds. The molecule has 1 aromatic carbocycles. The van der Waals surface area contributed by atoms with Gasteiger partial charge in [-0.25, -0.2) is 0 Å². The lowest BCUT2D eigenvalue weighted by Gasteiger charge is -2.12. The molecule has 1 atom stereocenters. The molecular formula is C16H14N2O2. The Morgan fingerprint density at radius 2 is 2.00 bits per heavy atom. The summed E-state index contributed by atoms with van der Waals surface area (Å²) in [5.74, 6) is 0. The summed E-state index contributed by atoms with van der Waals surface area (Å²) in [6, 6.07) is 6.50. The molecule has 0 spiro atoms. The standard InChI is InChI=1S/C16H14N2O2/c17-9-14-12-4-7-19-15(12)13(8-10-2-1-5-18-10)11-3-6-20-16(11)14/h3-4,6-7,10,18H,1-2,5,8H2. The highest BCUT2D eigenvalue weighted by molar-refractivity contribution is 6.03. The first-order valence-electron chi connectivity index (χ1n) is 6.91. The molecular weight excluding hydrogens is 252 g/mol. The number of benzene rings is 1. The van der Waals surface area contributed by atoms with Gasteiger partial charge in [0.1, 0.15) is 17.2 Å². The monoisotopic (exact) mass is 266 g/mol. The number of nitriles is 1. The molecule has 1 aliphatic rings. The van der Waals surface area contributed by atoms with Gasteiger partial charge in [0.15, 0.2) is 5.58 Å². The van der Waals surface area contributed by atoms with Gasteiger partial charge in [-0.3, -0.25) is 0 Å². The maximum Gasteiger partial charge on any atom is 0.152 e. The zero-order chi connectivity index (χ0) is 13.5. The second kappa shape index (κ2) is 4.39. The first-order valence-corrected chi connectivity index (χ1v) is 6.91. The lowest BCUT2D eigenvalue weighted by molar-refractivity contribution is 0.582. The quantitative estimate of drug-likeness (QED) is 0.772. The summed E-state index contributed by atoms with van der Waals surface area (Å²) in [6.45, 7) is 1.08. The van der Waals surface area contributed by atoms with E-state index in [1.165, 1.54) is 12.8 Å². The van der Waals surface area contributed by atoms with Crippen molar-refractivity contribution in [3.8, 4) is 6.07 Å². The third-order valence-corrected chi connectivity index (χ3v) is 4.15. The molecule has 1 aliphatic heterocycles. The Morgan fingerprint density at radius 3 is 2.75 bits per heavy atom. The highest BCUT2D eigenvalue weighted by Gasteiger charge is 2.22. The summed E-state index contributed by atoms with van der Waals surface area (Å²) in [6.07, 6.45) is 6.61. The molecule has 0 saturated carbocycles. The van der Waals surface area contributed by atoms with Crippen molar-refractivity contribution >= 4 is 21.9 Å². The van der Waals surface area contributed by atoms with Crippen LogP contribution in [0.5, 0.6) is 0 Å². The second-order valence-corrected chi connectivity index (χ2v) is 5.29. The third-order valence-electron chi connectivity index (χ3n) is 4.15. The molecule has 3 aromatic rings. The molecule has 4 nitrogen and oxygen atoms in total. The number of hydrogen-bond acceptors (Lipinski definition) is 4. The van der Waals surface area contributed by atoms with Crippen molar-refractivity contribution in [3.05, 3.63) is 35.8 Å². The van der Waals surface area contributed by atoms with Gasteiger partial charge in [-0.05, 0) is 37.9 Å². The van der Waals surface area contributed by atoms with Gasteiger partial charge in [0, 0.05) is 22.4 Å². The van der Waals surface area contributed by atoms with Gasteiger partial charge in [0.05, 0.1) is 12.5 Å². The SMILES string of the molecule is N#Cc1c2ccoc2c(CC2CCCN2)c2ccoc12. The van der Waals surface area contributed by atoms with Crippen LogP contribution in [0.15, 0.2) is 33.5 Å². The summed E-state index contributed by atoms with van der Waals surface area (Å²) in [7, 11) is 0. The molecule has 3 heterocycles. The smallest absolute Gasteiger partial charge is 0.152 e. The molecule has 0 aliphatic carbocycles. The average Bonchev–Trinajstić information content (AvgIpc) is 3.19. The molecule has 4 heteroatoms. The predicted molar refractivity (Wildman–Crippen MR) is 75.4 cm³/mol. The van der Waals surface area contributed by atoms with Crippen molar-refractivity contribution in [2.24, 2.45) is 0 Å². The Balaban J connectivity index is 1.98. The van der Waals surface area contributed by atoms with E-state index in [-0.39, 0.29) is 0 Å². The normalized spacial score (nSPS) is 18.9. The minimum atomic E-state index is 0.481. The Kier molecular flexibility index (Phi) is 2.54. The molecule has 1 fully saturated rings. The van der Waals surface area contributed by atoms with E-state index in [2.05, 4.69) is 11.4 Å². The minimum Gasteiger partial charge on any atom is -0.464 e. The first kappa shape index (κ1) is 11.6. The van der Waals surface area contributed by atoms with Crippen LogP contribution in [0.3, 0.4) is 0 Å². The summed E-state index contributed by atoms with van der Waals surface area (Å²) in [5, 5.41) is 14.7. The minimum absolute atomic E-state index is 0.481. The maximum atomic E-state index is 9.38. The van der Waals surface area contributed by atoms with Crippen molar-refractivity contribution in [1.82, 2.24) is 5.32 Å². The van der Waals surface area contributed by atoms with E-state index in [1.54, 1.807) is 12.5 Å². The summed E-state index contributed by atoms with van der Waals surface area (Å²) in [4.78, 5) is 0. The van der Waals surface area contributed by atoms with E-state index in [0.717, 1.165) is 34.9 Å². The van der Waals surface area contributed by atoms with Crippen LogP contribution in [-0.4, -0.2) is 12.6 Å². The molecule has 4 rings (SSSR count). The topological polar surface area (TPSA) is 62.1 Å². The van der Waals surface area contributed by atoms with Crippen molar-refractivity contribution in [3.63, 3.8) is 0 Å². The molecule has 0 radical (unpaired) electrons. The van der Waals surface area contributed by atoms with Crippen molar-refractivity contribution < 1.29 is 8.83 Å². The third kappa shape index (κ3) is 1.57. The van der Waals surface area contributed by atoms with E-state index in [1.807, 2.05) is 12.1 Å². The Labute approximate surface area is 116 Å². The Morgan fingerprint density at radius 1 is 1.20 bits per heavy atom. The van der Waals surface area contributed by atoms with Crippen molar-refractivity contribution in [2.45, 2.75) is 25.3 Å². The lowest BCUT2D eigenvalue weighted by Crippen LogP contribution is -2.23. The molecule has 1 N–H and O–H groups in total. The zero-order valence-electron chi connectivity index (χ0n) is 11.0. The van der Waals surface area contributed by atoms with E-state index in [4.69, 9.17) is 8.83 Å². The van der Waals surface area contributed by atoms with Gasteiger partial charge >= 0.3 is 0 Å². The maximum absolute atomic E-state index is 9.38. The molecule has 1 saturated heterocycles. The summed E-state index contributed by atoms with van der Waals surface area (Å²) in [5.41, 5.74) is 3.21. The van der Waals surface area contributed by atoms with Gasteiger partial charge in [-0.2, -0.15) is 5.26 Å². The van der Waals surface area contributed by atoms with E-state index in [9.17, 15) is 5.26 Å². The van der Waals surface area contributed by atoms with Gasteiger partial charge < -0.3 is 14.2 Å². The predicted octanol–water partition coefficient (Wildman–Crippen LogP) is 3.35. The zero-order valence-corrected chi connectivity index (χ0v) is 11.0. The lowest BCUT2D eigenvalue weighted by atomic mass is 9.96. The number of nitrogens with one attached hydrogen (secondary N) is 1. The molecule has 1 unspecified atom stereocenters. The van der Waals surface area contributed by atoms with Gasteiger partial charge in [0.25, 0.3) is 0 Å². The van der Waals surface area contributed by atoms with Crippen LogP contribution >= 0.6 is 0 Å². The number of rotatable bonds is 2. The molecule has 100 valence electrons. The highest BCUT2D eigenvalue weighted by atomic mass is 16.3. The van der Waals surface area contributed by atoms with Gasteiger partial charge in [-0.1, -0.05) is 0 Å². The van der Waals surface area contributed by atoms with Crippen molar-refractivity contribution in [2.75, 3.05) is 6.54 Å². The van der Waals surface area contributed by atoms with Crippen LogP contribution in [0.1, 0.15) is 24.0 Å².